The van der Waals surface area contributed by atoms with E-state index in [-0.39, 0.29) is 11.9 Å². The predicted molar refractivity (Wildman–Crippen MR) is 55.7 cm³/mol. The van der Waals surface area contributed by atoms with E-state index in [1.54, 1.807) is 6.07 Å². The van der Waals surface area contributed by atoms with Crippen LogP contribution >= 0.6 is 11.6 Å². The fraction of sp³-hybridized carbons (Fsp3) is 0.500. The lowest BCUT2D eigenvalue weighted by Crippen LogP contribution is -2.35. The highest BCUT2D eigenvalue weighted by molar-refractivity contribution is 6.18. The zero-order chi connectivity index (χ0) is 10.6. The van der Waals surface area contributed by atoms with E-state index in [1.807, 2.05) is 13.8 Å². The first kappa shape index (κ1) is 11.1. The van der Waals surface area contributed by atoms with Gasteiger partial charge in [0.15, 0.2) is 5.76 Å². The standard InChI is InChI=1S/C10H14ClNO2/c1-3-8(6-11)12-10(13)9-7(2)4-5-14-9/h4-5,8H,3,6H2,1-2H3,(H,12,13). The summed E-state index contributed by atoms with van der Waals surface area (Å²) in [5.41, 5.74) is 0.840. The fourth-order valence-electron chi connectivity index (χ4n) is 1.11. The molecule has 0 aliphatic carbocycles. The van der Waals surface area contributed by atoms with Gasteiger partial charge in [0.25, 0.3) is 5.91 Å². The summed E-state index contributed by atoms with van der Waals surface area (Å²) in [6.07, 6.45) is 2.32. The molecule has 0 radical (unpaired) electrons. The summed E-state index contributed by atoms with van der Waals surface area (Å²) < 4.78 is 5.06. The number of hydrogen-bond acceptors (Lipinski definition) is 2. The van der Waals surface area contributed by atoms with Crippen molar-refractivity contribution in [2.24, 2.45) is 0 Å². The molecule has 0 saturated carbocycles. The number of nitrogens with one attached hydrogen (secondary N) is 1. The molecule has 0 bridgehead atoms. The summed E-state index contributed by atoms with van der Waals surface area (Å²) in [6.45, 7) is 3.81. The average Bonchev–Trinajstić information content (AvgIpc) is 2.60. The van der Waals surface area contributed by atoms with E-state index in [0.717, 1.165) is 12.0 Å². The summed E-state index contributed by atoms with van der Waals surface area (Å²) in [7, 11) is 0. The molecule has 1 aromatic rings. The van der Waals surface area contributed by atoms with E-state index in [2.05, 4.69) is 5.32 Å². The summed E-state index contributed by atoms with van der Waals surface area (Å²) in [4.78, 5) is 11.6. The van der Waals surface area contributed by atoms with Crippen molar-refractivity contribution in [3.8, 4) is 0 Å². The van der Waals surface area contributed by atoms with Gasteiger partial charge in [-0.25, -0.2) is 0 Å². The summed E-state index contributed by atoms with van der Waals surface area (Å²) in [5.74, 6) is 0.593. The fourth-order valence-corrected chi connectivity index (χ4v) is 1.40. The number of hydrogen-bond donors (Lipinski definition) is 1. The number of halogens is 1. The summed E-state index contributed by atoms with van der Waals surface area (Å²) >= 11 is 5.67. The van der Waals surface area contributed by atoms with Crippen molar-refractivity contribution in [3.63, 3.8) is 0 Å². The van der Waals surface area contributed by atoms with Crippen molar-refractivity contribution in [1.82, 2.24) is 5.32 Å². The number of carbonyl (C=O) groups excluding carboxylic acids is 1. The quantitative estimate of drug-likeness (QED) is 0.784. The van der Waals surface area contributed by atoms with Crippen molar-refractivity contribution >= 4 is 17.5 Å². The van der Waals surface area contributed by atoms with Crippen molar-refractivity contribution in [1.29, 1.82) is 0 Å². The van der Waals surface area contributed by atoms with E-state index in [9.17, 15) is 4.79 Å². The highest BCUT2D eigenvalue weighted by Crippen LogP contribution is 2.09. The van der Waals surface area contributed by atoms with Gasteiger partial charge < -0.3 is 9.73 Å². The van der Waals surface area contributed by atoms with Gasteiger partial charge in [-0.15, -0.1) is 11.6 Å². The van der Waals surface area contributed by atoms with E-state index >= 15 is 0 Å². The maximum absolute atomic E-state index is 11.6. The van der Waals surface area contributed by atoms with Crippen LogP contribution in [-0.2, 0) is 0 Å². The molecule has 1 atom stereocenters. The highest BCUT2D eigenvalue weighted by Gasteiger charge is 2.15. The maximum Gasteiger partial charge on any atom is 0.287 e. The number of furan rings is 1. The number of aryl methyl sites for hydroxylation is 1. The minimum absolute atomic E-state index is 0.00802. The second-order valence-electron chi connectivity index (χ2n) is 3.17. The monoisotopic (exact) mass is 215 g/mol. The molecular weight excluding hydrogens is 202 g/mol. The number of amides is 1. The molecule has 3 nitrogen and oxygen atoms in total. The van der Waals surface area contributed by atoms with Crippen LogP contribution in [0.2, 0.25) is 0 Å². The van der Waals surface area contributed by atoms with Crippen LogP contribution in [0.15, 0.2) is 16.7 Å². The molecular formula is C10H14ClNO2. The molecule has 0 aliphatic heterocycles. The molecule has 1 N–H and O–H groups in total. The maximum atomic E-state index is 11.6. The van der Waals surface area contributed by atoms with E-state index < -0.39 is 0 Å². The summed E-state index contributed by atoms with van der Waals surface area (Å²) in [6, 6.07) is 1.77. The third-order valence-electron chi connectivity index (χ3n) is 2.08. The third-order valence-corrected chi connectivity index (χ3v) is 2.46. The normalized spacial score (nSPS) is 12.5. The minimum atomic E-state index is -0.194. The van der Waals surface area contributed by atoms with Crippen molar-refractivity contribution < 1.29 is 9.21 Å². The highest BCUT2D eigenvalue weighted by atomic mass is 35.5. The Morgan fingerprint density at radius 2 is 2.43 bits per heavy atom. The largest absolute Gasteiger partial charge is 0.459 e. The lowest BCUT2D eigenvalue weighted by Gasteiger charge is -2.12. The van der Waals surface area contributed by atoms with Gasteiger partial charge >= 0.3 is 0 Å². The molecule has 4 heteroatoms. The molecule has 0 aliphatic rings. The Kier molecular flexibility index (Phi) is 4.01. The van der Waals surface area contributed by atoms with E-state index in [0.29, 0.717) is 11.6 Å². The van der Waals surface area contributed by atoms with Crippen LogP contribution in [0.1, 0.15) is 29.5 Å². The van der Waals surface area contributed by atoms with Crippen LogP contribution in [0.5, 0.6) is 0 Å². The molecule has 1 unspecified atom stereocenters. The van der Waals surface area contributed by atoms with Crippen molar-refractivity contribution in [3.05, 3.63) is 23.7 Å². The van der Waals surface area contributed by atoms with Crippen molar-refractivity contribution in [2.75, 3.05) is 5.88 Å². The molecule has 78 valence electrons. The van der Waals surface area contributed by atoms with Gasteiger partial charge in [0, 0.05) is 17.5 Å². The zero-order valence-corrected chi connectivity index (χ0v) is 9.10. The number of alkyl halides is 1. The molecule has 0 aromatic carbocycles. The smallest absolute Gasteiger partial charge is 0.287 e. The van der Waals surface area contributed by atoms with Gasteiger partial charge in [-0.05, 0) is 19.4 Å². The lowest BCUT2D eigenvalue weighted by molar-refractivity contribution is 0.0911. The van der Waals surface area contributed by atoms with Crippen LogP contribution < -0.4 is 5.32 Å². The first-order valence-electron chi connectivity index (χ1n) is 4.60. The summed E-state index contributed by atoms with van der Waals surface area (Å²) in [5, 5.41) is 2.79. The Morgan fingerprint density at radius 3 is 2.86 bits per heavy atom. The molecule has 0 spiro atoms. The van der Waals surface area contributed by atoms with Gasteiger partial charge in [-0.2, -0.15) is 0 Å². The third kappa shape index (κ3) is 2.51. The van der Waals surface area contributed by atoms with E-state index in [4.69, 9.17) is 16.0 Å². The predicted octanol–water partition coefficient (Wildman–Crippen LogP) is 2.34. The van der Waals surface area contributed by atoms with Crippen LogP contribution in [0, 0.1) is 6.92 Å². The first-order valence-corrected chi connectivity index (χ1v) is 5.13. The second kappa shape index (κ2) is 5.05. The SMILES string of the molecule is CCC(CCl)NC(=O)c1occc1C. The Morgan fingerprint density at radius 1 is 1.71 bits per heavy atom. The minimum Gasteiger partial charge on any atom is -0.459 e. The van der Waals surface area contributed by atoms with Gasteiger partial charge in [-0.1, -0.05) is 6.92 Å². The molecule has 1 heterocycles. The average molecular weight is 216 g/mol. The number of rotatable bonds is 4. The molecule has 1 amide bonds. The lowest BCUT2D eigenvalue weighted by atomic mass is 10.2. The van der Waals surface area contributed by atoms with Crippen molar-refractivity contribution in [2.45, 2.75) is 26.3 Å². The zero-order valence-electron chi connectivity index (χ0n) is 8.34. The Balaban J connectivity index is 2.63. The van der Waals surface area contributed by atoms with Gasteiger partial charge in [0.1, 0.15) is 0 Å². The first-order chi connectivity index (χ1) is 6.69. The topological polar surface area (TPSA) is 42.2 Å². The molecule has 1 rings (SSSR count). The van der Waals surface area contributed by atoms with Crippen LogP contribution in [-0.4, -0.2) is 17.8 Å². The van der Waals surface area contributed by atoms with E-state index in [1.165, 1.54) is 6.26 Å². The van der Waals surface area contributed by atoms with Gasteiger partial charge in [0.2, 0.25) is 0 Å². The Bertz CT molecular complexity index is 305. The molecule has 1 aromatic heterocycles. The Hall–Kier alpha value is -0.960. The van der Waals surface area contributed by atoms with Crippen LogP contribution in [0.25, 0.3) is 0 Å². The number of carbonyl (C=O) groups is 1. The van der Waals surface area contributed by atoms with Gasteiger partial charge in [0.05, 0.1) is 6.26 Å². The van der Waals surface area contributed by atoms with Crippen LogP contribution in [0.4, 0.5) is 0 Å². The Labute approximate surface area is 88.4 Å². The molecule has 14 heavy (non-hydrogen) atoms. The molecule has 0 saturated heterocycles. The van der Waals surface area contributed by atoms with Crippen LogP contribution in [0.3, 0.4) is 0 Å². The van der Waals surface area contributed by atoms with Gasteiger partial charge in [-0.3, -0.25) is 4.79 Å². The molecule has 0 fully saturated rings. The second-order valence-corrected chi connectivity index (χ2v) is 3.47.